The fourth-order valence-corrected chi connectivity index (χ4v) is 5.26. The van der Waals surface area contributed by atoms with Crippen LogP contribution in [0, 0.1) is 0 Å². The molecular weight excluding hydrogens is 587 g/mol. The Bertz CT molecular complexity index is 1550. The molecule has 1 aliphatic heterocycles. The van der Waals surface area contributed by atoms with E-state index in [2.05, 4.69) is 14.9 Å². The fourth-order valence-electron chi connectivity index (χ4n) is 4.62. The molecule has 9 nitrogen and oxygen atoms in total. The first-order chi connectivity index (χ1) is 19.6. The Morgan fingerprint density at radius 2 is 1.78 bits per heavy atom. The maximum absolute atomic E-state index is 12.3. The highest BCUT2D eigenvalue weighted by atomic mass is 35.5. The van der Waals surface area contributed by atoms with Gasteiger partial charge in [-0.1, -0.05) is 46.9 Å². The van der Waals surface area contributed by atoms with Gasteiger partial charge in [0, 0.05) is 43.3 Å². The first kappa shape index (κ1) is 29.4. The van der Waals surface area contributed by atoms with Crippen LogP contribution in [-0.2, 0) is 11.3 Å². The molecule has 4 aromatic rings. The largest absolute Gasteiger partial charge is 0.492 e. The average molecular weight is 618 g/mol. The van der Waals surface area contributed by atoms with Crippen molar-refractivity contribution in [3.05, 3.63) is 69.6 Å². The van der Waals surface area contributed by atoms with E-state index in [1.807, 2.05) is 61.7 Å². The van der Waals surface area contributed by atoms with Crippen molar-refractivity contribution >= 4 is 52.1 Å². The lowest BCUT2D eigenvalue weighted by atomic mass is 10.2. The van der Waals surface area contributed by atoms with Crippen LogP contribution in [0.3, 0.4) is 0 Å². The van der Waals surface area contributed by atoms with E-state index in [4.69, 9.17) is 49.3 Å². The van der Waals surface area contributed by atoms with Crippen LogP contribution in [0.5, 0.6) is 5.75 Å². The second-order valence-corrected chi connectivity index (χ2v) is 12.0. The van der Waals surface area contributed by atoms with Crippen molar-refractivity contribution in [2.24, 2.45) is 0 Å². The predicted octanol–water partition coefficient (Wildman–Crippen LogP) is 6.43. The molecule has 3 heterocycles. The number of benzene rings is 2. The van der Waals surface area contributed by atoms with Crippen molar-refractivity contribution in [1.82, 2.24) is 29.3 Å². The Hall–Kier alpha value is -3.11. The van der Waals surface area contributed by atoms with Crippen LogP contribution in [0.4, 0.5) is 4.79 Å². The molecule has 0 aliphatic carbocycles. The van der Waals surface area contributed by atoms with Gasteiger partial charge in [0.15, 0.2) is 10.8 Å². The number of rotatable bonds is 7. The smallest absolute Gasteiger partial charge is 0.410 e. The molecule has 12 heteroatoms. The predicted molar refractivity (Wildman–Crippen MR) is 161 cm³/mol. The van der Waals surface area contributed by atoms with E-state index in [1.54, 1.807) is 11.0 Å². The van der Waals surface area contributed by atoms with E-state index in [9.17, 15) is 4.79 Å². The normalized spacial score (nSPS) is 14.4. The molecule has 1 amide bonds. The highest BCUT2D eigenvalue weighted by Gasteiger charge is 2.26. The Morgan fingerprint density at radius 3 is 2.49 bits per heavy atom. The van der Waals surface area contributed by atoms with Crippen LogP contribution in [0.1, 0.15) is 26.3 Å². The van der Waals surface area contributed by atoms with E-state index >= 15 is 0 Å². The summed E-state index contributed by atoms with van der Waals surface area (Å²) >= 11 is 19.4. The molecule has 0 saturated carbocycles. The Morgan fingerprint density at radius 1 is 1.00 bits per heavy atom. The standard InChI is InChI=1S/C29H31Cl3N6O3/c1-29(2,3)41-28(39)37-11-9-36(10-12-37)13-14-40-21-7-8-22(23(31)16-21)26-35-24-25(32)33-18-34-27(24)38(26)17-19-5-4-6-20(30)15-19/h4-8,15-16,18H,9-14,17H2,1-3H3. The monoisotopic (exact) mass is 616 g/mol. The van der Waals surface area contributed by atoms with Gasteiger partial charge < -0.3 is 18.9 Å². The van der Waals surface area contributed by atoms with Crippen LogP contribution < -0.4 is 4.74 Å². The van der Waals surface area contributed by atoms with Crippen LogP contribution >= 0.6 is 34.8 Å². The van der Waals surface area contributed by atoms with Gasteiger partial charge in [-0.15, -0.1) is 0 Å². The molecule has 2 aromatic heterocycles. The second-order valence-electron chi connectivity index (χ2n) is 10.8. The van der Waals surface area contributed by atoms with Crippen LogP contribution in [0.2, 0.25) is 15.2 Å². The average Bonchev–Trinajstić information content (AvgIpc) is 3.27. The SMILES string of the molecule is CC(C)(C)OC(=O)N1CCN(CCOc2ccc(-c3nc4c(Cl)ncnc4n3Cc3cccc(Cl)c3)c(Cl)c2)CC1. The zero-order chi connectivity index (χ0) is 29.1. The van der Waals surface area contributed by atoms with Gasteiger partial charge >= 0.3 is 6.09 Å². The molecule has 0 bridgehead atoms. The Labute approximate surface area is 253 Å². The van der Waals surface area contributed by atoms with E-state index < -0.39 is 5.60 Å². The number of hydrogen-bond donors (Lipinski definition) is 0. The summed E-state index contributed by atoms with van der Waals surface area (Å²) in [5.74, 6) is 1.27. The Balaban J connectivity index is 1.25. The van der Waals surface area contributed by atoms with Crippen molar-refractivity contribution in [3.63, 3.8) is 0 Å². The number of nitrogens with zero attached hydrogens (tertiary/aromatic N) is 6. The lowest BCUT2D eigenvalue weighted by Crippen LogP contribution is -2.50. The summed E-state index contributed by atoms with van der Waals surface area (Å²) in [6.07, 6.45) is 1.15. The summed E-state index contributed by atoms with van der Waals surface area (Å²) in [6.45, 7) is 10.1. The summed E-state index contributed by atoms with van der Waals surface area (Å²) < 4.78 is 13.4. The lowest BCUT2D eigenvalue weighted by Gasteiger charge is -2.35. The van der Waals surface area contributed by atoms with Crippen molar-refractivity contribution < 1.29 is 14.3 Å². The van der Waals surface area contributed by atoms with Gasteiger partial charge in [-0.25, -0.2) is 19.7 Å². The molecule has 1 aliphatic rings. The molecule has 0 N–H and O–H groups in total. The maximum Gasteiger partial charge on any atom is 0.410 e. The highest BCUT2D eigenvalue weighted by molar-refractivity contribution is 6.34. The molecular formula is C29H31Cl3N6O3. The van der Waals surface area contributed by atoms with Gasteiger partial charge in [0.05, 0.1) is 11.6 Å². The number of imidazole rings is 1. The number of hydrogen-bond acceptors (Lipinski definition) is 7. The molecule has 1 fully saturated rings. The molecule has 2 aromatic carbocycles. The van der Waals surface area contributed by atoms with E-state index in [1.165, 1.54) is 6.33 Å². The van der Waals surface area contributed by atoms with E-state index in [0.717, 1.165) is 25.2 Å². The first-order valence-electron chi connectivity index (χ1n) is 13.3. The highest BCUT2D eigenvalue weighted by Crippen LogP contribution is 2.34. The number of amides is 1. The van der Waals surface area contributed by atoms with Gasteiger partial charge in [-0.05, 0) is 56.7 Å². The molecule has 5 rings (SSSR count). The summed E-state index contributed by atoms with van der Waals surface area (Å²) in [6, 6.07) is 13.2. The first-order valence-corrected chi connectivity index (χ1v) is 14.4. The number of carbonyl (C=O) groups is 1. The maximum atomic E-state index is 12.3. The molecule has 41 heavy (non-hydrogen) atoms. The number of aromatic nitrogens is 4. The van der Waals surface area contributed by atoms with Crippen molar-refractivity contribution in [1.29, 1.82) is 0 Å². The summed E-state index contributed by atoms with van der Waals surface area (Å²) in [5, 5.41) is 1.40. The number of halogens is 3. The number of carbonyl (C=O) groups excluding carboxylic acids is 1. The van der Waals surface area contributed by atoms with Gasteiger partial charge in [0.1, 0.15) is 35.6 Å². The van der Waals surface area contributed by atoms with Crippen molar-refractivity contribution in [2.45, 2.75) is 32.9 Å². The summed E-state index contributed by atoms with van der Waals surface area (Å²) in [4.78, 5) is 29.6. The molecule has 0 spiro atoms. The van der Waals surface area contributed by atoms with Gasteiger partial charge in [0.25, 0.3) is 0 Å². The minimum absolute atomic E-state index is 0.265. The molecule has 216 valence electrons. The van der Waals surface area contributed by atoms with Crippen LogP contribution in [0.25, 0.3) is 22.6 Å². The van der Waals surface area contributed by atoms with Crippen LogP contribution in [0.15, 0.2) is 48.8 Å². The molecule has 0 radical (unpaired) electrons. The molecule has 0 unspecified atom stereocenters. The van der Waals surface area contributed by atoms with Gasteiger partial charge in [-0.2, -0.15) is 0 Å². The molecule has 0 atom stereocenters. The van der Waals surface area contributed by atoms with Crippen molar-refractivity contribution in [2.75, 3.05) is 39.3 Å². The van der Waals surface area contributed by atoms with Crippen LogP contribution in [-0.4, -0.2) is 80.3 Å². The quantitative estimate of drug-likeness (QED) is 0.221. The van der Waals surface area contributed by atoms with E-state index in [-0.39, 0.29) is 11.2 Å². The second kappa shape index (κ2) is 12.4. The fraction of sp³-hybridized carbons (Fsp3) is 0.379. The molecule has 1 saturated heterocycles. The topological polar surface area (TPSA) is 85.6 Å². The number of piperazine rings is 1. The zero-order valence-corrected chi connectivity index (χ0v) is 25.4. The number of ether oxygens (including phenoxy) is 2. The third-order valence-electron chi connectivity index (χ3n) is 6.60. The number of fused-ring (bicyclic) bond motifs is 1. The minimum Gasteiger partial charge on any atom is -0.492 e. The summed E-state index contributed by atoms with van der Waals surface area (Å²) in [7, 11) is 0. The Kier molecular flexibility index (Phi) is 8.89. The van der Waals surface area contributed by atoms with Crippen molar-refractivity contribution in [3.8, 4) is 17.1 Å². The van der Waals surface area contributed by atoms with Gasteiger partial charge in [0.2, 0.25) is 0 Å². The van der Waals surface area contributed by atoms with Gasteiger partial charge in [-0.3, -0.25) is 4.90 Å². The zero-order valence-electron chi connectivity index (χ0n) is 23.1. The lowest BCUT2D eigenvalue weighted by molar-refractivity contribution is 0.0137. The minimum atomic E-state index is -0.497. The van der Waals surface area contributed by atoms with E-state index in [0.29, 0.717) is 64.6 Å². The third-order valence-corrected chi connectivity index (χ3v) is 7.42. The third kappa shape index (κ3) is 7.22. The summed E-state index contributed by atoms with van der Waals surface area (Å²) in [5.41, 5.74) is 2.30.